The van der Waals surface area contributed by atoms with E-state index >= 15 is 0 Å². The van der Waals surface area contributed by atoms with Crippen molar-refractivity contribution in [1.29, 1.82) is 0 Å². The van der Waals surface area contributed by atoms with Crippen LogP contribution in [0.4, 0.5) is 0 Å². The van der Waals surface area contributed by atoms with Gasteiger partial charge in [0.05, 0.1) is 0 Å². The van der Waals surface area contributed by atoms with Gasteiger partial charge >= 0.3 is 0 Å². The van der Waals surface area contributed by atoms with E-state index in [2.05, 4.69) is 48.5 Å². The van der Waals surface area contributed by atoms with Crippen LogP contribution in [-0.2, 0) is 4.79 Å². The van der Waals surface area contributed by atoms with Gasteiger partial charge in [-0.3, -0.25) is 4.79 Å². The van der Waals surface area contributed by atoms with Gasteiger partial charge in [-0.15, -0.1) is 0 Å². The molecule has 0 radical (unpaired) electrons. The number of rotatable bonds is 11. The van der Waals surface area contributed by atoms with Crippen LogP contribution >= 0.6 is 0 Å². The van der Waals surface area contributed by atoms with E-state index in [4.69, 9.17) is 0 Å². The fourth-order valence-electron chi connectivity index (χ4n) is 3.07. The van der Waals surface area contributed by atoms with Crippen molar-refractivity contribution in [1.82, 2.24) is 4.90 Å². The van der Waals surface area contributed by atoms with E-state index in [0.717, 1.165) is 19.4 Å². The first-order valence-corrected chi connectivity index (χ1v) is 10.2. The molecule has 1 atom stereocenters. The smallest absolute Gasteiger partial charge is 0.225 e. The molecule has 0 aliphatic rings. The maximum absolute atomic E-state index is 12.4. The lowest BCUT2D eigenvalue weighted by atomic mass is 9.88. The van der Waals surface area contributed by atoms with Crippen LogP contribution in [0.2, 0.25) is 0 Å². The Morgan fingerprint density at radius 2 is 1.25 bits per heavy atom. The van der Waals surface area contributed by atoms with Crippen molar-refractivity contribution >= 4 is 5.91 Å². The Labute approximate surface area is 152 Å². The first-order valence-electron chi connectivity index (χ1n) is 10.2. The summed E-state index contributed by atoms with van der Waals surface area (Å²) in [6.45, 7) is 16.8. The highest BCUT2D eigenvalue weighted by atomic mass is 16.2. The highest BCUT2D eigenvalue weighted by molar-refractivity contribution is 5.78. The molecule has 1 unspecified atom stereocenters. The molecule has 0 aromatic rings. The predicted molar refractivity (Wildman–Crippen MR) is 107 cm³/mol. The van der Waals surface area contributed by atoms with Gasteiger partial charge in [0.25, 0.3) is 0 Å². The van der Waals surface area contributed by atoms with Gasteiger partial charge in [0.15, 0.2) is 0 Å². The van der Waals surface area contributed by atoms with Crippen LogP contribution in [0, 0.1) is 16.7 Å². The molecule has 0 bridgehead atoms. The van der Waals surface area contributed by atoms with Gasteiger partial charge in [0, 0.05) is 19.5 Å². The van der Waals surface area contributed by atoms with Gasteiger partial charge in [0.2, 0.25) is 5.91 Å². The van der Waals surface area contributed by atoms with Gasteiger partial charge in [-0.05, 0) is 36.5 Å². The van der Waals surface area contributed by atoms with Crippen LogP contribution in [0.3, 0.4) is 0 Å². The van der Waals surface area contributed by atoms with Crippen molar-refractivity contribution in [2.24, 2.45) is 16.7 Å². The zero-order chi connectivity index (χ0) is 18.8. The predicted octanol–water partition coefficient (Wildman–Crippen LogP) is 6.68. The van der Waals surface area contributed by atoms with Crippen LogP contribution in [0.25, 0.3) is 0 Å². The molecule has 0 saturated heterocycles. The molecule has 1 amide bonds. The molecule has 2 heteroatoms. The Morgan fingerprint density at radius 3 is 1.75 bits per heavy atom. The van der Waals surface area contributed by atoms with Crippen LogP contribution in [0.5, 0.6) is 0 Å². The van der Waals surface area contributed by atoms with E-state index in [1.807, 2.05) is 11.9 Å². The van der Waals surface area contributed by atoms with Gasteiger partial charge < -0.3 is 4.90 Å². The van der Waals surface area contributed by atoms with Crippen molar-refractivity contribution in [2.75, 3.05) is 13.6 Å². The average molecular weight is 340 g/mol. The largest absolute Gasteiger partial charge is 0.346 e. The second-order valence-electron chi connectivity index (χ2n) is 10.2. The molecule has 0 rings (SSSR count). The molecule has 0 N–H and O–H groups in total. The molecular weight excluding hydrogens is 294 g/mol. The van der Waals surface area contributed by atoms with Crippen molar-refractivity contribution in [3.05, 3.63) is 0 Å². The second kappa shape index (κ2) is 11.2. The van der Waals surface area contributed by atoms with E-state index in [0.29, 0.717) is 16.7 Å². The quantitative estimate of drug-likeness (QED) is 0.384. The number of hydrogen-bond acceptors (Lipinski definition) is 1. The van der Waals surface area contributed by atoms with Crippen molar-refractivity contribution in [2.45, 2.75) is 106 Å². The molecule has 0 aromatic carbocycles. The maximum atomic E-state index is 12.4. The molecule has 0 aliphatic carbocycles. The van der Waals surface area contributed by atoms with Crippen LogP contribution in [0.1, 0.15) is 106 Å². The molecule has 0 aliphatic heterocycles. The van der Waals surface area contributed by atoms with Crippen molar-refractivity contribution < 1.29 is 4.79 Å². The molecule has 24 heavy (non-hydrogen) atoms. The standard InChI is InChI=1S/C22H45NO/c1-19(15-11-13-17-22(5,6)7)20(24)23(8)18-14-10-9-12-16-21(2,3)4/h19H,9-18H2,1-8H3. The van der Waals surface area contributed by atoms with Crippen LogP contribution < -0.4 is 0 Å². The van der Waals surface area contributed by atoms with Crippen LogP contribution in [0.15, 0.2) is 0 Å². The molecule has 0 spiro atoms. The minimum absolute atomic E-state index is 0.177. The summed E-state index contributed by atoms with van der Waals surface area (Å²) in [6.07, 6.45) is 11.0. The molecule has 144 valence electrons. The monoisotopic (exact) mass is 339 g/mol. The summed E-state index contributed by atoms with van der Waals surface area (Å²) in [6, 6.07) is 0. The van der Waals surface area contributed by atoms with E-state index in [1.165, 1.54) is 44.9 Å². The third kappa shape index (κ3) is 13.9. The normalized spacial score (nSPS) is 13.8. The molecule has 0 heterocycles. The number of unbranched alkanes of at least 4 members (excludes halogenated alkanes) is 4. The van der Waals surface area contributed by atoms with Crippen molar-refractivity contribution in [3.8, 4) is 0 Å². The summed E-state index contributed by atoms with van der Waals surface area (Å²) in [5.74, 6) is 0.510. The van der Waals surface area contributed by atoms with E-state index in [1.54, 1.807) is 0 Å². The zero-order valence-corrected chi connectivity index (χ0v) is 18.0. The number of hydrogen-bond donors (Lipinski definition) is 0. The molecule has 0 saturated carbocycles. The van der Waals surface area contributed by atoms with E-state index < -0.39 is 0 Å². The van der Waals surface area contributed by atoms with Gasteiger partial charge in [-0.25, -0.2) is 0 Å². The molecular formula is C22H45NO. The number of carbonyl (C=O) groups excluding carboxylic acids is 1. The first-order chi connectivity index (χ1) is 10.9. The van der Waals surface area contributed by atoms with E-state index in [-0.39, 0.29) is 5.92 Å². The Kier molecular flexibility index (Phi) is 10.9. The van der Waals surface area contributed by atoms with Crippen molar-refractivity contribution in [3.63, 3.8) is 0 Å². The summed E-state index contributed by atoms with van der Waals surface area (Å²) >= 11 is 0. The topological polar surface area (TPSA) is 20.3 Å². The minimum Gasteiger partial charge on any atom is -0.346 e. The van der Waals surface area contributed by atoms with Gasteiger partial charge in [0.1, 0.15) is 0 Å². The Bertz CT molecular complexity index is 335. The Hall–Kier alpha value is -0.530. The lowest BCUT2D eigenvalue weighted by molar-refractivity contribution is -0.133. The van der Waals surface area contributed by atoms with E-state index in [9.17, 15) is 4.79 Å². The summed E-state index contributed by atoms with van der Waals surface area (Å²) in [4.78, 5) is 14.4. The van der Waals surface area contributed by atoms with Gasteiger partial charge in [-0.2, -0.15) is 0 Å². The molecule has 0 aromatic heterocycles. The van der Waals surface area contributed by atoms with Crippen LogP contribution in [-0.4, -0.2) is 24.4 Å². The fourth-order valence-corrected chi connectivity index (χ4v) is 3.07. The maximum Gasteiger partial charge on any atom is 0.225 e. The highest BCUT2D eigenvalue weighted by Gasteiger charge is 2.17. The summed E-state index contributed by atoms with van der Waals surface area (Å²) in [5.41, 5.74) is 0.867. The minimum atomic E-state index is 0.177. The average Bonchev–Trinajstić information content (AvgIpc) is 2.43. The Balaban J connectivity index is 3.77. The lowest BCUT2D eigenvalue weighted by Crippen LogP contribution is -2.32. The molecule has 0 fully saturated rings. The number of carbonyl (C=O) groups is 1. The SMILES string of the molecule is CC(CCCCC(C)(C)C)C(=O)N(C)CCCCCCC(C)(C)C. The summed E-state index contributed by atoms with van der Waals surface area (Å²) < 4.78 is 0. The summed E-state index contributed by atoms with van der Waals surface area (Å²) in [5, 5.41) is 0. The fraction of sp³-hybridized carbons (Fsp3) is 0.955. The summed E-state index contributed by atoms with van der Waals surface area (Å²) in [7, 11) is 1.98. The molecule has 2 nitrogen and oxygen atoms in total. The number of amides is 1. The zero-order valence-electron chi connectivity index (χ0n) is 18.0. The third-order valence-electron chi connectivity index (χ3n) is 4.78. The highest BCUT2D eigenvalue weighted by Crippen LogP contribution is 2.24. The number of nitrogens with zero attached hydrogens (tertiary/aromatic N) is 1. The third-order valence-corrected chi connectivity index (χ3v) is 4.78. The Morgan fingerprint density at radius 1 is 0.792 bits per heavy atom. The van der Waals surface area contributed by atoms with Gasteiger partial charge in [-0.1, -0.05) is 80.6 Å². The lowest BCUT2D eigenvalue weighted by Gasteiger charge is -2.22. The second-order valence-corrected chi connectivity index (χ2v) is 10.2. The first kappa shape index (κ1) is 23.5.